The van der Waals surface area contributed by atoms with Gasteiger partial charge in [-0.05, 0) is 32.8 Å². The normalized spacial score (nSPS) is 11.8. The number of benzene rings is 1. The minimum atomic E-state index is -0.607. The second-order valence-electron chi connectivity index (χ2n) is 8.36. The molecule has 8 heteroatoms. The van der Waals surface area contributed by atoms with Crippen LogP contribution in [0.5, 0.6) is 0 Å². The van der Waals surface area contributed by atoms with E-state index in [-0.39, 0.29) is 6.54 Å². The number of para-hydroxylation sites is 1. The molecule has 0 radical (unpaired) electrons. The Morgan fingerprint density at radius 2 is 1.93 bits per heavy atom. The minimum absolute atomic E-state index is 0.235. The summed E-state index contributed by atoms with van der Waals surface area (Å²) in [7, 11) is 0. The maximum absolute atomic E-state index is 12.3. The van der Waals surface area contributed by atoms with Crippen molar-refractivity contribution >= 4 is 39.8 Å². The van der Waals surface area contributed by atoms with E-state index in [0.717, 1.165) is 23.0 Å². The Hall–Kier alpha value is -3.16. The number of ether oxygens (including phenoxy) is 1. The first-order chi connectivity index (χ1) is 13.6. The van der Waals surface area contributed by atoms with Gasteiger partial charge in [-0.2, -0.15) is 0 Å². The number of pyridine rings is 1. The molecule has 3 aromatic rings. The highest BCUT2D eigenvalue weighted by molar-refractivity contribution is 6.09. The van der Waals surface area contributed by atoms with Crippen LogP contribution in [0, 0.1) is 5.92 Å². The molecule has 1 aromatic carbocycles. The van der Waals surface area contributed by atoms with Crippen molar-refractivity contribution in [3.8, 4) is 0 Å². The molecule has 3 rings (SSSR count). The lowest BCUT2D eigenvalue weighted by Gasteiger charge is -2.19. The number of carbonyl (C=O) groups is 2. The molecular formula is C21H27N5O3. The van der Waals surface area contributed by atoms with Gasteiger partial charge >= 0.3 is 12.0 Å². The zero-order chi connectivity index (χ0) is 21.2. The van der Waals surface area contributed by atoms with Crippen molar-refractivity contribution in [2.45, 2.75) is 46.8 Å². The van der Waals surface area contributed by atoms with Gasteiger partial charge in [-0.3, -0.25) is 10.1 Å². The van der Waals surface area contributed by atoms with Gasteiger partial charge in [0.2, 0.25) is 0 Å². The van der Waals surface area contributed by atoms with E-state index in [4.69, 9.17) is 4.74 Å². The Balaban J connectivity index is 1.86. The number of carbonyl (C=O) groups excluding carboxylic acids is 2. The fourth-order valence-electron chi connectivity index (χ4n) is 3.08. The van der Waals surface area contributed by atoms with Crippen LogP contribution >= 0.6 is 0 Å². The molecule has 154 valence electrons. The Kier molecular flexibility index (Phi) is 5.72. The summed E-state index contributed by atoms with van der Waals surface area (Å²) in [6.45, 7) is 10.2. The molecule has 0 bridgehead atoms. The van der Waals surface area contributed by atoms with Crippen molar-refractivity contribution in [2.75, 3.05) is 11.9 Å². The average Bonchev–Trinajstić information content (AvgIpc) is 3.02. The summed E-state index contributed by atoms with van der Waals surface area (Å²) in [6.07, 6.45) is 1.77. The van der Waals surface area contributed by atoms with Gasteiger partial charge in [-0.15, -0.1) is 0 Å². The highest BCUT2D eigenvalue weighted by Gasteiger charge is 2.19. The number of esters is 1. The fourth-order valence-corrected chi connectivity index (χ4v) is 3.08. The van der Waals surface area contributed by atoms with Gasteiger partial charge in [0.15, 0.2) is 5.82 Å². The molecule has 8 nitrogen and oxygen atoms in total. The first kappa shape index (κ1) is 20.6. The van der Waals surface area contributed by atoms with Crippen molar-refractivity contribution in [3.63, 3.8) is 0 Å². The number of nitrogens with one attached hydrogen (secondary N) is 2. The van der Waals surface area contributed by atoms with Crippen molar-refractivity contribution < 1.29 is 14.3 Å². The topological polar surface area (TPSA) is 98.1 Å². The van der Waals surface area contributed by atoms with Crippen LogP contribution in [-0.4, -0.2) is 38.7 Å². The quantitative estimate of drug-likeness (QED) is 0.640. The second kappa shape index (κ2) is 8.06. The highest BCUT2D eigenvalue weighted by atomic mass is 16.6. The number of imidazole rings is 1. The summed E-state index contributed by atoms with van der Waals surface area (Å²) in [6, 6.07) is 7.20. The summed E-state index contributed by atoms with van der Waals surface area (Å²) in [5.74, 6) is 0.279. The van der Waals surface area contributed by atoms with Gasteiger partial charge in [-0.1, -0.05) is 32.0 Å². The van der Waals surface area contributed by atoms with E-state index in [9.17, 15) is 9.59 Å². The summed E-state index contributed by atoms with van der Waals surface area (Å²) in [5, 5.41) is 6.20. The molecule has 0 spiro atoms. The van der Waals surface area contributed by atoms with Gasteiger partial charge in [-0.25, -0.2) is 14.8 Å². The number of fused-ring (bicyclic) bond motifs is 3. The van der Waals surface area contributed by atoms with Gasteiger partial charge in [0.05, 0.1) is 17.4 Å². The third kappa shape index (κ3) is 5.01. The van der Waals surface area contributed by atoms with E-state index in [1.165, 1.54) is 0 Å². The first-order valence-corrected chi connectivity index (χ1v) is 9.64. The third-order valence-corrected chi connectivity index (χ3v) is 4.06. The Morgan fingerprint density at radius 3 is 2.62 bits per heavy atom. The molecular weight excluding hydrogens is 370 g/mol. The standard InChI is InChI=1S/C21H27N5O3/c1-13(2)11-26-12-23-17-18(26)14-8-6-7-9-15(14)24-19(17)25-20(28)22-10-16(27)29-21(3,4)5/h6-9,12-13H,10-11H2,1-5H3,(H2,22,24,25,28). The van der Waals surface area contributed by atoms with Crippen LogP contribution in [0.1, 0.15) is 34.6 Å². The number of amides is 2. The van der Waals surface area contributed by atoms with Crippen molar-refractivity contribution in [2.24, 2.45) is 5.92 Å². The maximum atomic E-state index is 12.3. The molecule has 0 aliphatic carbocycles. The lowest BCUT2D eigenvalue weighted by Crippen LogP contribution is -2.37. The van der Waals surface area contributed by atoms with Crippen molar-refractivity contribution in [1.29, 1.82) is 0 Å². The number of anilines is 1. The molecule has 2 aromatic heterocycles. The van der Waals surface area contributed by atoms with E-state index in [1.807, 2.05) is 24.3 Å². The molecule has 29 heavy (non-hydrogen) atoms. The predicted octanol–water partition coefficient (Wildman–Crippen LogP) is 3.70. The maximum Gasteiger partial charge on any atom is 0.325 e. The molecule has 0 aliphatic rings. The SMILES string of the molecule is CC(C)Cn1cnc2c(NC(=O)NCC(=O)OC(C)(C)C)nc3ccccc3c21. The summed E-state index contributed by atoms with van der Waals surface area (Å²) >= 11 is 0. The zero-order valence-corrected chi connectivity index (χ0v) is 17.4. The van der Waals surface area contributed by atoms with E-state index in [0.29, 0.717) is 17.3 Å². The largest absolute Gasteiger partial charge is 0.459 e. The smallest absolute Gasteiger partial charge is 0.325 e. The van der Waals surface area contributed by atoms with Crippen LogP contribution in [0.2, 0.25) is 0 Å². The molecule has 0 unspecified atom stereocenters. The molecule has 0 fully saturated rings. The van der Waals surface area contributed by atoms with E-state index >= 15 is 0 Å². The highest BCUT2D eigenvalue weighted by Crippen LogP contribution is 2.29. The molecule has 0 atom stereocenters. The lowest BCUT2D eigenvalue weighted by molar-refractivity contribution is -0.153. The molecule has 2 heterocycles. The number of aromatic nitrogens is 3. The molecule has 0 saturated carbocycles. The Morgan fingerprint density at radius 1 is 1.21 bits per heavy atom. The van der Waals surface area contributed by atoms with Gasteiger partial charge in [0, 0.05) is 11.9 Å². The summed E-state index contributed by atoms with van der Waals surface area (Å²) < 4.78 is 7.27. The Bertz CT molecular complexity index is 1050. The van der Waals surface area contributed by atoms with Crippen LogP contribution in [0.3, 0.4) is 0 Å². The first-order valence-electron chi connectivity index (χ1n) is 9.64. The van der Waals surface area contributed by atoms with Gasteiger partial charge < -0.3 is 14.6 Å². The summed E-state index contributed by atoms with van der Waals surface area (Å²) in [5.41, 5.74) is 1.68. The monoisotopic (exact) mass is 397 g/mol. The number of hydrogen-bond acceptors (Lipinski definition) is 5. The zero-order valence-electron chi connectivity index (χ0n) is 17.4. The van der Waals surface area contributed by atoms with E-state index < -0.39 is 17.6 Å². The molecule has 2 N–H and O–H groups in total. The third-order valence-electron chi connectivity index (χ3n) is 4.06. The number of urea groups is 1. The van der Waals surface area contributed by atoms with Crippen LogP contribution in [-0.2, 0) is 16.1 Å². The van der Waals surface area contributed by atoms with Crippen LogP contribution in [0.4, 0.5) is 10.6 Å². The second-order valence-corrected chi connectivity index (χ2v) is 8.36. The molecule has 0 aliphatic heterocycles. The minimum Gasteiger partial charge on any atom is -0.459 e. The number of hydrogen-bond donors (Lipinski definition) is 2. The van der Waals surface area contributed by atoms with Crippen molar-refractivity contribution in [3.05, 3.63) is 30.6 Å². The fraction of sp³-hybridized carbons (Fsp3) is 0.429. The molecule has 2 amide bonds. The predicted molar refractivity (Wildman–Crippen MR) is 113 cm³/mol. The lowest BCUT2D eigenvalue weighted by atomic mass is 10.1. The van der Waals surface area contributed by atoms with Crippen LogP contribution < -0.4 is 10.6 Å². The average molecular weight is 397 g/mol. The van der Waals surface area contributed by atoms with Crippen molar-refractivity contribution in [1.82, 2.24) is 19.9 Å². The number of rotatable bonds is 5. The summed E-state index contributed by atoms with van der Waals surface area (Å²) in [4.78, 5) is 33.2. The van der Waals surface area contributed by atoms with E-state index in [2.05, 4.69) is 39.0 Å². The molecule has 0 saturated heterocycles. The number of nitrogens with zero attached hydrogens (tertiary/aromatic N) is 3. The van der Waals surface area contributed by atoms with Crippen LogP contribution in [0.15, 0.2) is 30.6 Å². The van der Waals surface area contributed by atoms with E-state index in [1.54, 1.807) is 27.1 Å². The van der Waals surface area contributed by atoms with Gasteiger partial charge in [0.1, 0.15) is 17.7 Å². The van der Waals surface area contributed by atoms with Crippen LogP contribution in [0.25, 0.3) is 21.9 Å². The van der Waals surface area contributed by atoms with Gasteiger partial charge in [0.25, 0.3) is 0 Å². The Labute approximate surface area is 169 Å².